The number of carbonyl (C=O) groups excluding carboxylic acids is 5. The van der Waals surface area contributed by atoms with Gasteiger partial charge in [-0.3, -0.25) is 24.2 Å². The summed E-state index contributed by atoms with van der Waals surface area (Å²) in [5.74, 6) is -2.55. The molecule has 0 spiro atoms. The van der Waals surface area contributed by atoms with E-state index in [4.69, 9.17) is 27.8 Å². The summed E-state index contributed by atoms with van der Waals surface area (Å²) < 4.78 is 5.23. The minimum atomic E-state index is -1.05. The van der Waals surface area contributed by atoms with Crippen LogP contribution in [0.2, 0.25) is 0 Å². The van der Waals surface area contributed by atoms with Crippen LogP contribution in [0.5, 0.6) is 0 Å². The molecule has 0 radical (unpaired) electrons. The first kappa shape index (κ1) is 33.2. The Labute approximate surface area is 232 Å². The SMILES string of the molecule is CC(C)C[C@H](NC(=O)OCc1ccccc1)C(=O)N[C@@H](CCCN=C(N)N)C(=O)NCC(=O)NCC(=O)CCl. The zero-order chi connectivity index (χ0) is 29.2. The molecule has 39 heavy (non-hydrogen) atoms. The van der Waals surface area contributed by atoms with Crippen molar-refractivity contribution in [1.29, 1.82) is 0 Å². The number of hydrogen-bond donors (Lipinski definition) is 6. The molecule has 13 nitrogen and oxygen atoms in total. The van der Waals surface area contributed by atoms with Crippen LogP contribution in [0.4, 0.5) is 4.79 Å². The number of benzene rings is 1. The second kappa shape index (κ2) is 18.4. The van der Waals surface area contributed by atoms with Crippen LogP contribution in [0, 0.1) is 5.92 Å². The molecular formula is C25H38ClN7O6. The van der Waals surface area contributed by atoms with Gasteiger partial charge < -0.3 is 37.5 Å². The maximum Gasteiger partial charge on any atom is 0.408 e. The molecule has 0 aliphatic heterocycles. The van der Waals surface area contributed by atoms with Crippen molar-refractivity contribution in [3.8, 4) is 0 Å². The molecule has 0 bridgehead atoms. The molecule has 0 fully saturated rings. The maximum atomic E-state index is 13.1. The van der Waals surface area contributed by atoms with E-state index >= 15 is 0 Å². The highest BCUT2D eigenvalue weighted by atomic mass is 35.5. The van der Waals surface area contributed by atoms with E-state index in [-0.39, 0.29) is 56.1 Å². The van der Waals surface area contributed by atoms with Crippen molar-refractivity contribution in [2.75, 3.05) is 25.5 Å². The minimum absolute atomic E-state index is 0.0249. The summed E-state index contributed by atoms with van der Waals surface area (Å²) in [7, 11) is 0. The van der Waals surface area contributed by atoms with Gasteiger partial charge in [0.25, 0.3) is 0 Å². The third-order valence-electron chi connectivity index (χ3n) is 5.16. The average molecular weight is 568 g/mol. The van der Waals surface area contributed by atoms with Gasteiger partial charge in [-0.15, -0.1) is 11.6 Å². The van der Waals surface area contributed by atoms with Crippen LogP contribution in [-0.4, -0.2) is 73.2 Å². The van der Waals surface area contributed by atoms with Crippen LogP contribution in [-0.2, 0) is 30.5 Å². The van der Waals surface area contributed by atoms with Gasteiger partial charge in [0.15, 0.2) is 11.7 Å². The molecule has 14 heteroatoms. The monoisotopic (exact) mass is 567 g/mol. The number of ether oxygens (including phenoxy) is 1. The van der Waals surface area contributed by atoms with Crippen LogP contribution >= 0.6 is 11.6 Å². The van der Waals surface area contributed by atoms with Crippen molar-refractivity contribution in [3.63, 3.8) is 0 Å². The van der Waals surface area contributed by atoms with Crippen LogP contribution in [0.1, 0.15) is 38.7 Å². The number of nitrogens with zero attached hydrogens (tertiary/aromatic N) is 1. The molecule has 2 atom stereocenters. The van der Waals surface area contributed by atoms with Gasteiger partial charge in [0.1, 0.15) is 18.7 Å². The van der Waals surface area contributed by atoms with E-state index in [0.717, 1.165) is 5.56 Å². The van der Waals surface area contributed by atoms with Crippen molar-refractivity contribution < 1.29 is 28.7 Å². The van der Waals surface area contributed by atoms with Crippen LogP contribution in [0.25, 0.3) is 0 Å². The third kappa shape index (κ3) is 15.2. The summed E-state index contributed by atoms with van der Waals surface area (Å²) in [6.07, 6.45) is -0.00986. The maximum absolute atomic E-state index is 13.1. The minimum Gasteiger partial charge on any atom is -0.445 e. The second-order valence-corrected chi connectivity index (χ2v) is 9.33. The summed E-state index contributed by atoms with van der Waals surface area (Å²) in [6.45, 7) is 3.31. The standard InChI is InChI=1S/C25H38ClN7O6/c1-16(2)11-20(33-25(38)39-15-17-7-4-3-5-8-17)23(37)32-19(9-6-10-29-24(27)28)22(36)31-14-21(35)30-13-18(34)12-26/h3-5,7-8,16,19-20H,6,9-15H2,1-2H3,(H,30,35)(H,31,36)(H,32,37)(H,33,38)(H4,27,28,29)/t19-,20-/m0/s1. The Morgan fingerprint density at radius 3 is 2.26 bits per heavy atom. The number of alkyl halides is 1. The molecule has 4 amide bonds. The summed E-state index contributed by atoms with van der Waals surface area (Å²) in [4.78, 5) is 65.5. The molecule has 0 saturated heterocycles. The van der Waals surface area contributed by atoms with Crippen molar-refractivity contribution >= 4 is 47.2 Å². The number of amides is 4. The molecule has 1 aromatic carbocycles. The largest absolute Gasteiger partial charge is 0.445 e. The number of halogens is 1. The molecule has 0 aromatic heterocycles. The average Bonchev–Trinajstić information content (AvgIpc) is 2.90. The van der Waals surface area contributed by atoms with E-state index < -0.39 is 42.4 Å². The smallest absolute Gasteiger partial charge is 0.408 e. The topological polar surface area (TPSA) is 207 Å². The van der Waals surface area contributed by atoms with Gasteiger partial charge in [-0.2, -0.15) is 0 Å². The van der Waals surface area contributed by atoms with E-state index in [1.54, 1.807) is 12.1 Å². The number of ketones is 1. The zero-order valence-electron chi connectivity index (χ0n) is 22.2. The number of guanidine groups is 1. The molecule has 0 aliphatic rings. The second-order valence-electron chi connectivity index (χ2n) is 9.07. The van der Waals surface area contributed by atoms with Gasteiger partial charge in [0, 0.05) is 6.54 Å². The molecular weight excluding hydrogens is 530 g/mol. The molecule has 216 valence electrons. The highest BCUT2D eigenvalue weighted by Crippen LogP contribution is 2.08. The number of rotatable bonds is 17. The predicted octanol–water partition coefficient (Wildman–Crippen LogP) is -0.0938. The van der Waals surface area contributed by atoms with Crippen LogP contribution in [0.3, 0.4) is 0 Å². The quantitative estimate of drug-likeness (QED) is 0.0647. The van der Waals surface area contributed by atoms with Gasteiger partial charge in [-0.1, -0.05) is 44.2 Å². The fraction of sp³-hybridized carbons (Fsp3) is 0.520. The molecule has 0 saturated carbocycles. The lowest BCUT2D eigenvalue weighted by Crippen LogP contribution is -2.55. The Kier molecular flexibility index (Phi) is 15.6. The van der Waals surface area contributed by atoms with Gasteiger partial charge in [-0.25, -0.2) is 4.79 Å². The Morgan fingerprint density at radius 1 is 0.949 bits per heavy atom. The lowest BCUT2D eigenvalue weighted by molar-refractivity contribution is -0.131. The Morgan fingerprint density at radius 2 is 1.64 bits per heavy atom. The molecule has 1 rings (SSSR count). The number of nitrogens with one attached hydrogen (secondary N) is 4. The highest BCUT2D eigenvalue weighted by Gasteiger charge is 2.28. The van der Waals surface area contributed by atoms with Gasteiger partial charge >= 0.3 is 6.09 Å². The van der Waals surface area contributed by atoms with Gasteiger partial charge in [0.2, 0.25) is 17.7 Å². The molecule has 1 aromatic rings. The van der Waals surface area contributed by atoms with E-state index in [2.05, 4.69) is 26.3 Å². The van der Waals surface area contributed by atoms with Crippen LogP contribution in [0.15, 0.2) is 35.3 Å². The van der Waals surface area contributed by atoms with Crippen LogP contribution < -0.4 is 32.7 Å². The fourth-order valence-electron chi connectivity index (χ4n) is 3.25. The Hall–Kier alpha value is -3.87. The fourth-order valence-corrected chi connectivity index (χ4v) is 3.35. The first-order valence-electron chi connectivity index (χ1n) is 12.5. The van der Waals surface area contributed by atoms with E-state index in [0.29, 0.717) is 6.42 Å². The number of alkyl carbamates (subject to hydrolysis) is 1. The third-order valence-corrected chi connectivity index (χ3v) is 5.46. The summed E-state index contributed by atoms with van der Waals surface area (Å²) in [5, 5.41) is 9.97. The molecule has 0 heterocycles. The summed E-state index contributed by atoms with van der Waals surface area (Å²) in [5.41, 5.74) is 11.5. The number of hydrogen-bond acceptors (Lipinski definition) is 7. The van der Waals surface area contributed by atoms with Crippen molar-refractivity contribution in [1.82, 2.24) is 21.3 Å². The van der Waals surface area contributed by atoms with E-state index in [1.165, 1.54) is 0 Å². The highest BCUT2D eigenvalue weighted by molar-refractivity contribution is 6.28. The lowest BCUT2D eigenvalue weighted by atomic mass is 10.0. The number of carbonyl (C=O) groups is 5. The Bertz CT molecular complexity index is 986. The lowest BCUT2D eigenvalue weighted by Gasteiger charge is -2.24. The Balaban J connectivity index is 2.82. The molecule has 0 unspecified atom stereocenters. The van der Waals surface area contributed by atoms with Crippen molar-refractivity contribution in [2.24, 2.45) is 22.4 Å². The first-order valence-corrected chi connectivity index (χ1v) is 13.0. The van der Waals surface area contributed by atoms with Crippen molar-refractivity contribution in [2.45, 2.75) is 51.8 Å². The number of nitrogens with two attached hydrogens (primary N) is 2. The molecule has 8 N–H and O–H groups in total. The van der Waals surface area contributed by atoms with Gasteiger partial charge in [0.05, 0.1) is 19.0 Å². The van der Waals surface area contributed by atoms with Gasteiger partial charge in [-0.05, 0) is 30.7 Å². The predicted molar refractivity (Wildman–Crippen MR) is 147 cm³/mol. The number of Topliss-reactive ketones (excluding diaryl/α,β-unsaturated/α-hetero) is 1. The van der Waals surface area contributed by atoms with E-state index in [9.17, 15) is 24.0 Å². The first-order chi connectivity index (χ1) is 18.5. The summed E-state index contributed by atoms with van der Waals surface area (Å²) in [6, 6.07) is 7.03. The number of aliphatic imine (C=N–C) groups is 1. The molecule has 0 aliphatic carbocycles. The zero-order valence-corrected chi connectivity index (χ0v) is 23.0. The normalized spacial score (nSPS) is 12.0. The van der Waals surface area contributed by atoms with Crippen molar-refractivity contribution in [3.05, 3.63) is 35.9 Å². The van der Waals surface area contributed by atoms with E-state index in [1.807, 2.05) is 32.0 Å². The summed E-state index contributed by atoms with van der Waals surface area (Å²) >= 11 is 5.40.